The molecule has 158 valence electrons. The summed E-state index contributed by atoms with van der Waals surface area (Å²) in [4.78, 5) is 18.4. The first-order valence-corrected chi connectivity index (χ1v) is 10.2. The molecule has 0 bridgehead atoms. The molecule has 0 aliphatic heterocycles. The van der Waals surface area contributed by atoms with Gasteiger partial charge in [0, 0.05) is 27.2 Å². The summed E-state index contributed by atoms with van der Waals surface area (Å²) in [6, 6.07) is 0.371. The number of hydrogen-bond donors (Lipinski definition) is 2. The van der Waals surface area contributed by atoms with Gasteiger partial charge in [-0.25, -0.2) is 9.67 Å². The third-order valence-electron chi connectivity index (χ3n) is 5.43. The van der Waals surface area contributed by atoms with E-state index in [0.29, 0.717) is 24.5 Å². The minimum absolute atomic E-state index is 0.0133. The van der Waals surface area contributed by atoms with Gasteiger partial charge in [0.2, 0.25) is 11.8 Å². The lowest BCUT2D eigenvalue weighted by Crippen LogP contribution is -2.49. The van der Waals surface area contributed by atoms with Crippen molar-refractivity contribution in [2.75, 3.05) is 27.7 Å². The Bertz CT molecular complexity index is 682. The predicted molar refractivity (Wildman–Crippen MR) is 112 cm³/mol. The van der Waals surface area contributed by atoms with E-state index in [9.17, 15) is 4.79 Å². The monoisotopic (exact) mass is 392 g/mol. The highest BCUT2D eigenvalue weighted by molar-refractivity contribution is 5.86. The number of ether oxygens (including phenoxy) is 1. The molecular weight excluding hydrogens is 356 g/mol. The van der Waals surface area contributed by atoms with E-state index in [1.54, 1.807) is 30.8 Å². The number of aliphatic imine (C=N–C) groups is 1. The Morgan fingerprint density at radius 3 is 2.68 bits per heavy atom. The minimum atomic E-state index is 0.0133. The van der Waals surface area contributed by atoms with E-state index in [1.807, 2.05) is 7.05 Å². The van der Waals surface area contributed by atoms with Crippen LogP contribution in [0.3, 0.4) is 0 Å². The van der Waals surface area contributed by atoms with Gasteiger partial charge < -0.3 is 20.3 Å². The topological polar surface area (TPSA) is 83.8 Å². The molecule has 0 saturated heterocycles. The van der Waals surface area contributed by atoms with Gasteiger partial charge in [0.1, 0.15) is 0 Å². The SMILES string of the molecule is CCc1nn(C)c(OC)c1CN=C(NCC(=O)N(C)C)NC1CCCCC1C. The number of guanidine groups is 1. The Labute approximate surface area is 168 Å². The summed E-state index contributed by atoms with van der Waals surface area (Å²) in [6.45, 7) is 5.02. The highest BCUT2D eigenvalue weighted by Crippen LogP contribution is 2.24. The van der Waals surface area contributed by atoms with Gasteiger partial charge in [-0.1, -0.05) is 26.7 Å². The molecule has 1 aromatic rings. The lowest BCUT2D eigenvalue weighted by Gasteiger charge is -2.31. The number of carbonyl (C=O) groups excluding carboxylic acids is 1. The van der Waals surface area contributed by atoms with Crippen LogP contribution in [0, 0.1) is 5.92 Å². The van der Waals surface area contributed by atoms with Crippen molar-refractivity contribution in [1.29, 1.82) is 0 Å². The van der Waals surface area contributed by atoms with Crippen LogP contribution < -0.4 is 15.4 Å². The van der Waals surface area contributed by atoms with Crippen LogP contribution in [0.4, 0.5) is 0 Å². The quantitative estimate of drug-likeness (QED) is 0.545. The van der Waals surface area contributed by atoms with Crippen molar-refractivity contribution < 1.29 is 9.53 Å². The maximum atomic E-state index is 12.0. The van der Waals surface area contributed by atoms with Crippen LogP contribution in [0.25, 0.3) is 0 Å². The third-order valence-corrected chi connectivity index (χ3v) is 5.43. The molecule has 2 unspecified atom stereocenters. The van der Waals surface area contributed by atoms with Crippen LogP contribution in [-0.4, -0.2) is 60.3 Å². The summed E-state index contributed by atoms with van der Waals surface area (Å²) in [6.07, 6.45) is 5.67. The fourth-order valence-electron chi connectivity index (χ4n) is 3.64. The smallest absolute Gasteiger partial charge is 0.241 e. The standard InChI is InChI=1S/C20H36N6O2/c1-7-16-15(19(28-6)26(5)24-16)12-21-20(22-13-18(27)25(3)4)23-17-11-9-8-10-14(17)2/h14,17H,7-13H2,1-6H3,(H2,21,22,23). The lowest BCUT2D eigenvalue weighted by atomic mass is 9.86. The molecule has 1 fully saturated rings. The van der Waals surface area contributed by atoms with E-state index in [4.69, 9.17) is 9.73 Å². The molecule has 0 radical (unpaired) electrons. The number of methoxy groups -OCH3 is 1. The van der Waals surface area contributed by atoms with Crippen LogP contribution in [0.15, 0.2) is 4.99 Å². The maximum absolute atomic E-state index is 12.0. The van der Waals surface area contributed by atoms with Gasteiger partial charge in [0.15, 0.2) is 5.96 Å². The maximum Gasteiger partial charge on any atom is 0.241 e. The minimum Gasteiger partial charge on any atom is -0.481 e. The molecule has 1 aromatic heterocycles. The van der Waals surface area contributed by atoms with Crippen molar-refractivity contribution in [3.63, 3.8) is 0 Å². The number of aryl methyl sites for hydroxylation is 2. The van der Waals surface area contributed by atoms with E-state index < -0.39 is 0 Å². The molecule has 28 heavy (non-hydrogen) atoms. The zero-order valence-electron chi connectivity index (χ0n) is 18.2. The second-order valence-corrected chi connectivity index (χ2v) is 7.73. The molecule has 2 atom stereocenters. The van der Waals surface area contributed by atoms with Gasteiger partial charge >= 0.3 is 0 Å². The first-order chi connectivity index (χ1) is 13.4. The Morgan fingerprint density at radius 2 is 2.07 bits per heavy atom. The normalized spacial score (nSPS) is 20.0. The third kappa shape index (κ3) is 5.62. The highest BCUT2D eigenvalue weighted by atomic mass is 16.5. The number of amides is 1. The molecule has 8 nitrogen and oxygen atoms in total. The molecule has 0 spiro atoms. The number of aromatic nitrogens is 2. The molecule has 2 N–H and O–H groups in total. The summed E-state index contributed by atoms with van der Waals surface area (Å²) in [7, 11) is 7.04. The van der Waals surface area contributed by atoms with E-state index in [2.05, 4.69) is 29.6 Å². The van der Waals surface area contributed by atoms with E-state index >= 15 is 0 Å². The van der Waals surface area contributed by atoms with Crippen molar-refractivity contribution >= 4 is 11.9 Å². The molecule has 1 heterocycles. The van der Waals surface area contributed by atoms with Crippen molar-refractivity contribution in [1.82, 2.24) is 25.3 Å². The van der Waals surface area contributed by atoms with Crippen molar-refractivity contribution in [2.24, 2.45) is 18.0 Å². The van der Waals surface area contributed by atoms with Gasteiger partial charge in [-0.05, 0) is 25.2 Å². The Morgan fingerprint density at radius 1 is 1.36 bits per heavy atom. The van der Waals surface area contributed by atoms with Crippen LogP contribution in [0.5, 0.6) is 5.88 Å². The van der Waals surface area contributed by atoms with Gasteiger partial charge in [-0.3, -0.25) is 4.79 Å². The number of hydrogen-bond acceptors (Lipinski definition) is 4. The number of nitrogens with zero attached hydrogens (tertiary/aromatic N) is 4. The summed E-state index contributed by atoms with van der Waals surface area (Å²) < 4.78 is 7.27. The Hall–Kier alpha value is -2.25. The van der Waals surface area contributed by atoms with Crippen LogP contribution in [-0.2, 0) is 24.8 Å². The fourth-order valence-corrected chi connectivity index (χ4v) is 3.64. The van der Waals surface area contributed by atoms with Gasteiger partial charge in [0.25, 0.3) is 0 Å². The van der Waals surface area contributed by atoms with Crippen LogP contribution in [0.1, 0.15) is 50.8 Å². The molecule has 1 saturated carbocycles. The van der Waals surface area contributed by atoms with Gasteiger partial charge in [-0.15, -0.1) is 0 Å². The second kappa shape index (κ2) is 10.3. The van der Waals surface area contributed by atoms with E-state index in [1.165, 1.54) is 19.3 Å². The highest BCUT2D eigenvalue weighted by Gasteiger charge is 2.23. The molecular formula is C20H36N6O2. The average Bonchev–Trinajstić information content (AvgIpc) is 2.99. The Balaban J connectivity index is 2.18. The zero-order valence-corrected chi connectivity index (χ0v) is 18.2. The lowest BCUT2D eigenvalue weighted by molar-refractivity contribution is -0.127. The molecule has 1 amide bonds. The zero-order chi connectivity index (χ0) is 20.7. The van der Waals surface area contributed by atoms with E-state index in [-0.39, 0.29) is 12.5 Å². The summed E-state index contributed by atoms with van der Waals surface area (Å²) in [5, 5.41) is 11.3. The van der Waals surface area contributed by atoms with Crippen LogP contribution in [0.2, 0.25) is 0 Å². The predicted octanol–water partition coefficient (Wildman–Crippen LogP) is 1.69. The summed E-state index contributed by atoms with van der Waals surface area (Å²) in [5.74, 6) is 2.00. The number of rotatable bonds is 7. The Kier molecular flexibility index (Phi) is 8.14. The molecule has 1 aliphatic carbocycles. The average molecular weight is 393 g/mol. The fraction of sp³-hybridized carbons (Fsp3) is 0.750. The number of likely N-dealkylation sites (N-methyl/N-ethyl adjacent to an activating group) is 1. The number of nitrogens with one attached hydrogen (secondary N) is 2. The van der Waals surface area contributed by atoms with Crippen molar-refractivity contribution in [2.45, 2.75) is 58.5 Å². The molecule has 2 rings (SSSR count). The van der Waals surface area contributed by atoms with Crippen molar-refractivity contribution in [3.8, 4) is 5.88 Å². The van der Waals surface area contributed by atoms with E-state index in [0.717, 1.165) is 30.0 Å². The largest absolute Gasteiger partial charge is 0.481 e. The first kappa shape index (κ1) is 22.0. The van der Waals surface area contributed by atoms with Crippen LogP contribution >= 0.6 is 0 Å². The second-order valence-electron chi connectivity index (χ2n) is 7.73. The molecule has 1 aliphatic rings. The summed E-state index contributed by atoms with van der Waals surface area (Å²) in [5.41, 5.74) is 1.97. The molecule has 0 aromatic carbocycles. The summed E-state index contributed by atoms with van der Waals surface area (Å²) >= 11 is 0. The van der Waals surface area contributed by atoms with Gasteiger partial charge in [0.05, 0.1) is 31.5 Å². The van der Waals surface area contributed by atoms with Gasteiger partial charge in [-0.2, -0.15) is 5.10 Å². The molecule has 8 heteroatoms. The van der Waals surface area contributed by atoms with Crippen molar-refractivity contribution in [3.05, 3.63) is 11.3 Å². The number of carbonyl (C=O) groups is 1. The first-order valence-electron chi connectivity index (χ1n) is 10.2.